The Morgan fingerprint density at radius 2 is 2.32 bits per heavy atom. The number of imidazole rings is 1. The molecule has 2 amide bonds. The zero-order valence-corrected chi connectivity index (χ0v) is 14.4. The second-order valence-electron chi connectivity index (χ2n) is 6.28. The molecular weight excluding hydrogens is 320 g/mol. The number of anilines is 1. The highest BCUT2D eigenvalue weighted by Crippen LogP contribution is 2.28. The van der Waals surface area contributed by atoms with Gasteiger partial charge in [0.2, 0.25) is 11.8 Å². The average Bonchev–Trinajstić information content (AvgIpc) is 3.24. The summed E-state index contributed by atoms with van der Waals surface area (Å²) >= 11 is 0. The summed E-state index contributed by atoms with van der Waals surface area (Å²) < 4.78 is 7.11. The molecule has 1 aliphatic rings. The Kier molecular flexibility index (Phi) is 5.02. The number of methoxy groups -OCH3 is 1. The van der Waals surface area contributed by atoms with Crippen LogP contribution >= 0.6 is 0 Å². The second-order valence-corrected chi connectivity index (χ2v) is 6.28. The van der Waals surface area contributed by atoms with Crippen molar-refractivity contribution in [1.29, 1.82) is 0 Å². The van der Waals surface area contributed by atoms with Crippen LogP contribution in [0.25, 0.3) is 0 Å². The van der Waals surface area contributed by atoms with Crippen molar-refractivity contribution in [3.8, 4) is 5.75 Å². The summed E-state index contributed by atoms with van der Waals surface area (Å²) in [4.78, 5) is 30.4. The third-order valence-corrected chi connectivity index (χ3v) is 4.29. The molecule has 1 fully saturated rings. The van der Waals surface area contributed by atoms with Gasteiger partial charge in [-0.3, -0.25) is 9.59 Å². The maximum atomic E-state index is 12.5. The molecule has 0 saturated carbocycles. The lowest BCUT2D eigenvalue weighted by atomic mass is 10.1. The number of benzene rings is 1. The molecule has 132 valence electrons. The molecule has 1 saturated heterocycles. The fraction of sp³-hybridized carbons (Fsp3) is 0.389. The van der Waals surface area contributed by atoms with E-state index in [1.807, 2.05) is 35.9 Å². The molecule has 1 aliphatic heterocycles. The molecular formula is C18H22N4O3. The zero-order valence-electron chi connectivity index (χ0n) is 14.4. The Balaban J connectivity index is 1.60. The number of aromatic nitrogens is 2. The lowest BCUT2D eigenvalue weighted by Crippen LogP contribution is -2.40. The summed E-state index contributed by atoms with van der Waals surface area (Å²) in [6, 6.07) is 7.28. The highest BCUT2D eigenvalue weighted by molar-refractivity contribution is 6.00. The molecule has 0 radical (unpaired) electrons. The van der Waals surface area contributed by atoms with Gasteiger partial charge in [-0.1, -0.05) is 6.07 Å². The number of hydrogen-bond acceptors (Lipinski definition) is 4. The van der Waals surface area contributed by atoms with Crippen LogP contribution < -0.4 is 15.0 Å². The summed E-state index contributed by atoms with van der Waals surface area (Å²) in [6.07, 6.45) is 5.50. The molecule has 2 atom stereocenters. The predicted octanol–water partition coefficient (Wildman–Crippen LogP) is 1.45. The van der Waals surface area contributed by atoms with Crippen molar-refractivity contribution < 1.29 is 14.3 Å². The van der Waals surface area contributed by atoms with E-state index in [4.69, 9.17) is 4.74 Å². The van der Waals surface area contributed by atoms with Gasteiger partial charge in [0.05, 0.1) is 19.4 Å². The molecule has 1 N–H and O–H groups in total. The fourth-order valence-electron chi connectivity index (χ4n) is 3.03. The number of hydrogen-bond donors (Lipinski definition) is 1. The van der Waals surface area contributed by atoms with Gasteiger partial charge in [-0.2, -0.15) is 0 Å². The van der Waals surface area contributed by atoms with E-state index in [-0.39, 0.29) is 30.2 Å². The number of rotatable bonds is 6. The third-order valence-electron chi connectivity index (χ3n) is 4.29. The topological polar surface area (TPSA) is 76.5 Å². The quantitative estimate of drug-likeness (QED) is 0.862. The van der Waals surface area contributed by atoms with E-state index in [1.165, 1.54) is 0 Å². The minimum absolute atomic E-state index is 0.0392. The normalized spacial score (nSPS) is 18.2. The Bertz CT molecular complexity index is 745. The van der Waals surface area contributed by atoms with Crippen LogP contribution in [-0.2, 0) is 16.1 Å². The van der Waals surface area contributed by atoms with Gasteiger partial charge in [-0.05, 0) is 19.1 Å². The van der Waals surface area contributed by atoms with Gasteiger partial charge in [-0.25, -0.2) is 4.98 Å². The van der Waals surface area contributed by atoms with Crippen LogP contribution in [-0.4, -0.2) is 41.1 Å². The minimum atomic E-state index is -0.344. The molecule has 1 aromatic heterocycles. The number of nitrogens with zero attached hydrogens (tertiary/aromatic N) is 3. The Morgan fingerprint density at radius 1 is 1.48 bits per heavy atom. The fourth-order valence-corrected chi connectivity index (χ4v) is 3.03. The van der Waals surface area contributed by atoms with Crippen molar-refractivity contribution in [3.63, 3.8) is 0 Å². The van der Waals surface area contributed by atoms with Gasteiger partial charge in [0.1, 0.15) is 5.75 Å². The van der Waals surface area contributed by atoms with E-state index < -0.39 is 0 Å². The Morgan fingerprint density at radius 3 is 3.04 bits per heavy atom. The molecule has 3 rings (SSSR count). The predicted molar refractivity (Wildman–Crippen MR) is 93.3 cm³/mol. The number of nitrogens with one attached hydrogen (secondary N) is 1. The molecule has 0 unspecified atom stereocenters. The van der Waals surface area contributed by atoms with Crippen LogP contribution in [0.15, 0.2) is 43.0 Å². The summed E-state index contributed by atoms with van der Waals surface area (Å²) in [5.41, 5.74) is 0.756. The van der Waals surface area contributed by atoms with Gasteiger partial charge < -0.3 is 19.5 Å². The van der Waals surface area contributed by atoms with Crippen LogP contribution in [0.2, 0.25) is 0 Å². The van der Waals surface area contributed by atoms with E-state index in [0.29, 0.717) is 18.8 Å². The lowest BCUT2D eigenvalue weighted by molar-refractivity contribution is -0.126. The first kappa shape index (κ1) is 17.0. The third kappa shape index (κ3) is 3.99. The average molecular weight is 342 g/mol. The van der Waals surface area contributed by atoms with Crippen LogP contribution in [0.5, 0.6) is 5.75 Å². The molecule has 2 heterocycles. The molecule has 2 aromatic rings. The largest absolute Gasteiger partial charge is 0.497 e. The molecule has 0 bridgehead atoms. The number of amides is 2. The van der Waals surface area contributed by atoms with E-state index in [9.17, 15) is 9.59 Å². The van der Waals surface area contributed by atoms with Gasteiger partial charge in [0, 0.05) is 49.7 Å². The van der Waals surface area contributed by atoms with Crippen molar-refractivity contribution in [2.45, 2.75) is 25.9 Å². The zero-order chi connectivity index (χ0) is 17.8. The van der Waals surface area contributed by atoms with Crippen LogP contribution in [0.4, 0.5) is 5.69 Å². The monoisotopic (exact) mass is 342 g/mol. The van der Waals surface area contributed by atoms with E-state index in [0.717, 1.165) is 5.69 Å². The van der Waals surface area contributed by atoms with Gasteiger partial charge in [-0.15, -0.1) is 0 Å². The highest BCUT2D eigenvalue weighted by atomic mass is 16.5. The molecule has 0 spiro atoms. The second kappa shape index (κ2) is 7.38. The van der Waals surface area contributed by atoms with Crippen molar-refractivity contribution in [1.82, 2.24) is 14.9 Å². The van der Waals surface area contributed by atoms with Crippen molar-refractivity contribution in [2.24, 2.45) is 5.92 Å². The number of carbonyl (C=O) groups is 2. The van der Waals surface area contributed by atoms with Gasteiger partial charge in [0.15, 0.2) is 0 Å². The summed E-state index contributed by atoms with van der Waals surface area (Å²) in [5.74, 6) is 0.207. The highest BCUT2D eigenvalue weighted by Gasteiger charge is 2.35. The lowest BCUT2D eigenvalue weighted by Gasteiger charge is -2.19. The molecule has 25 heavy (non-hydrogen) atoms. The first-order valence-electron chi connectivity index (χ1n) is 8.27. The summed E-state index contributed by atoms with van der Waals surface area (Å²) in [6.45, 7) is 2.97. The molecule has 0 aliphatic carbocycles. The summed E-state index contributed by atoms with van der Waals surface area (Å²) in [7, 11) is 1.59. The van der Waals surface area contributed by atoms with E-state index in [2.05, 4.69) is 10.3 Å². The van der Waals surface area contributed by atoms with E-state index in [1.54, 1.807) is 30.6 Å². The Hall–Kier alpha value is -2.83. The standard InChI is InChI=1S/C18H22N4O3/c1-13(10-21-7-6-19-12-21)20-18(24)14-8-17(23)22(11-14)15-4-3-5-16(9-15)25-2/h3-7,9,12-14H,8,10-11H2,1-2H3,(H,20,24)/t13-,14-/m0/s1. The molecule has 7 heteroatoms. The van der Waals surface area contributed by atoms with Crippen LogP contribution in [0, 0.1) is 5.92 Å². The van der Waals surface area contributed by atoms with Crippen molar-refractivity contribution in [2.75, 3.05) is 18.6 Å². The first-order valence-corrected chi connectivity index (χ1v) is 8.27. The SMILES string of the molecule is COc1cccc(N2C[C@@H](C(=O)N[C@@H](C)Cn3ccnc3)CC2=O)c1. The minimum Gasteiger partial charge on any atom is -0.497 e. The van der Waals surface area contributed by atoms with Crippen molar-refractivity contribution >= 4 is 17.5 Å². The van der Waals surface area contributed by atoms with Gasteiger partial charge >= 0.3 is 0 Å². The first-order chi connectivity index (χ1) is 12.1. The van der Waals surface area contributed by atoms with E-state index >= 15 is 0 Å². The smallest absolute Gasteiger partial charge is 0.227 e. The van der Waals surface area contributed by atoms with Gasteiger partial charge in [0.25, 0.3) is 0 Å². The van der Waals surface area contributed by atoms with Crippen LogP contribution in [0.3, 0.4) is 0 Å². The number of ether oxygens (including phenoxy) is 1. The molecule has 7 nitrogen and oxygen atoms in total. The molecule has 1 aromatic carbocycles. The number of carbonyl (C=O) groups excluding carboxylic acids is 2. The maximum Gasteiger partial charge on any atom is 0.227 e. The van der Waals surface area contributed by atoms with Crippen LogP contribution in [0.1, 0.15) is 13.3 Å². The van der Waals surface area contributed by atoms with Crippen molar-refractivity contribution in [3.05, 3.63) is 43.0 Å². The Labute approximate surface area is 146 Å². The maximum absolute atomic E-state index is 12.5. The summed E-state index contributed by atoms with van der Waals surface area (Å²) in [5, 5.41) is 2.98.